The van der Waals surface area contributed by atoms with E-state index in [-0.39, 0.29) is 0 Å². The molecule has 0 atom stereocenters. The Morgan fingerprint density at radius 1 is 1.53 bits per heavy atom. The number of nitrogens with one attached hydrogen (secondary N) is 1. The van der Waals surface area contributed by atoms with Crippen LogP contribution >= 0.6 is 11.3 Å². The van der Waals surface area contributed by atoms with Crippen molar-refractivity contribution in [1.82, 2.24) is 0 Å². The molecule has 0 radical (unpaired) electrons. The Labute approximate surface area is 94.7 Å². The lowest BCUT2D eigenvalue weighted by atomic mass is 10.2. The van der Waals surface area contributed by atoms with E-state index in [9.17, 15) is 0 Å². The number of thiophene rings is 1. The summed E-state index contributed by atoms with van der Waals surface area (Å²) in [4.78, 5) is 0.728. The minimum Gasteiger partial charge on any atom is -0.493 e. The van der Waals surface area contributed by atoms with Crippen LogP contribution in [0.2, 0.25) is 0 Å². The first-order valence-corrected chi connectivity index (χ1v) is 5.87. The summed E-state index contributed by atoms with van der Waals surface area (Å²) in [5, 5.41) is 13.2. The topological polar surface area (TPSA) is 45.0 Å². The summed E-state index contributed by atoms with van der Waals surface area (Å²) in [6.07, 6.45) is 2.28. The van der Waals surface area contributed by atoms with Crippen molar-refractivity contribution in [3.05, 3.63) is 10.4 Å². The normalized spacial score (nSPS) is 9.73. The summed E-state index contributed by atoms with van der Waals surface area (Å²) in [5.74, 6) is 0.813. The molecule has 1 N–H and O–H groups in total. The van der Waals surface area contributed by atoms with Crippen LogP contribution in [0, 0.1) is 18.3 Å². The Hall–Kier alpha value is -1.21. The molecule has 3 nitrogen and oxygen atoms in total. The van der Waals surface area contributed by atoms with E-state index in [1.54, 1.807) is 7.11 Å². The molecule has 0 aliphatic rings. The molecule has 4 heteroatoms. The summed E-state index contributed by atoms with van der Waals surface area (Å²) < 4.78 is 5.29. The predicted molar refractivity (Wildman–Crippen MR) is 63.7 cm³/mol. The van der Waals surface area contributed by atoms with E-state index in [1.165, 1.54) is 11.3 Å². The fraction of sp³-hybridized carbons (Fsp3) is 0.545. The van der Waals surface area contributed by atoms with Crippen LogP contribution in [0.15, 0.2) is 0 Å². The number of ether oxygens (including phenoxy) is 1. The molecule has 15 heavy (non-hydrogen) atoms. The van der Waals surface area contributed by atoms with Gasteiger partial charge in [-0.3, -0.25) is 0 Å². The highest BCUT2D eigenvalue weighted by Gasteiger charge is 2.14. The highest BCUT2D eigenvalue weighted by molar-refractivity contribution is 7.17. The van der Waals surface area contributed by atoms with Gasteiger partial charge in [-0.2, -0.15) is 5.26 Å². The average Bonchev–Trinajstić information content (AvgIpc) is 2.55. The molecule has 0 fully saturated rings. The van der Waals surface area contributed by atoms with Crippen molar-refractivity contribution in [3.63, 3.8) is 0 Å². The van der Waals surface area contributed by atoms with Crippen molar-refractivity contribution in [1.29, 1.82) is 5.26 Å². The zero-order chi connectivity index (χ0) is 11.3. The maximum Gasteiger partial charge on any atom is 0.157 e. The van der Waals surface area contributed by atoms with Crippen molar-refractivity contribution in [2.24, 2.45) is 0 Å². The molecule has 1 rings (SSSR count). The second kappa shape index (κ2) is 5.62. The first-order chi connectivity index (χ1) is 7.24. The second-order valence-electron chi connectivity index (χ2n) is 3.31. The number of anilines is 1. The van der Waals surface area contributed by atoms with Crippen LogP contribution in [0.5, 0.6) is 5.75 Å². The maximum absolute atomic E-state index is 8.90. The molecule has 0 spiro atoms. The van der Waals surface area contributed by atoms with E-state index >= 15 is 0 Å². The SMILES string of the molecule is CCCCNc1sc(C#N)c(C)c1OC. The summed E-state index contributed by atoms with van der Waals surface area (Å²) in [7, 11) is 1.64. The summed E-state index contributed by atoms with van der Waals surface area (Å²) >= 11 is 1.46. The number of unbranched alkanes of at least 4 members (excludes halogenated alkanes) is 1. The van der Waals surface area contributed by atoms with E-state index in [1.807, 2.05) is 6.92 Å². The van der Waals surface area contributed by atoms with E-state index in [2.05, 4.69) is 18.3 Å². The van der Waals surface area contributed by atoms with Crippen LogP contribution in [0.3, 0.4) is 0 Å². The van der Waals surface area contributed by atoms with Crippen LogP contribution in [0.1, 0.15) is 30.2 Å². The molecule has 0 aliphatic heterocycles. The van der Waals surface area contributed by atoms with E-state index < -0.39 is 0 Å². The lowest BCUT2D eigenvalue weighted by Gasteiger charge is -2.05. The summed E-state index contributed by atoms with van der Waals surface area (Å²) in [6, 6.07) is 2.18. The first kappa shape index (κ1) is 11.9. The number of hydrogen-bond acceptors (Lipinski definition) is 4. The lowest BCUT2D eigenvalue weighted by Crippen LogP contribution is -2.00. The van der Waals surface area contributed by atoms with Crippen LogP contribution in [-0.4, -0.2) is 13.7 Å². The summed E-state index contributed by atoms with van der Waals surface area (Å²) in [6.45, 7) is 5.00. The van der Waals surface area contributed by atoms with E-state index in [4.69, 9.17) is 10.00 Å². The first-order valence-electron chi connectivity index (χ1n) is 5.05. The third-order valence-corrected chi connectivity index (χ3v) is 3.35. The Balaban J connectivity index is 2.83. The molecule has 1 aromatic rings. The van der Waals surface area contributed by atoms with Crippen molar-refractivity contribution in [2.75, 3.05) is 19.0 Å². The molecule has 0 bridgehead atoms. The number of nitriles is 1. The fourth-order valence-corrected chi connectivity index (χ4v) is 2.34. The second-order valence-corrected chi connectivity index (χ2v) is 4.33. The third kappa shape index (κ3) is 2.63. The van der Waals surface area contributed by atoms with E-state index in [0.29, 0.717) is 0 Å². The molecule has 0 aliphatic carbocycles. The van der Waals surface area contributed by atoms with Crippen LogP contribution in [0.4, 0.5) is 5.00 Å². The van der Waals surface area contributed by atoms with Gasteiger partial charge in [0, 0.05) is 12.1 Å². The van der Waals surface area contributed by atoms with Gasteiger partial charge in [0.1, 0.15) is 15.9 Å². The smallest absolute Gasteiger partial charge is 0.157 e. The third-order valence-electron chi connectivity index (χ3n) is 2.21. The number of hydrogen-bond donors (Lipinski definition) is 1. The van der Waals surface area contributed by atoms with Crippen molar-refractivity contribution in [3.8, 4) is 11.8 Å². The van der Waals surface area contributed by atoms with Gasteiger partial charge in [-0.1, -0.05) is 13.3 Å². The molecule has 1 aromatic heterocycles. The minimum absolute atomic E-state index is 0.728. The molecule has 82 valence electrons. The van der Waals surface area contributed by atoms with Gasteiger partial charge in [-0.15, -0.1) is 11.3 Å². The molecule has 0 aromatic carbocycles. The molecular weight excluding hydrogens is 208 g/mol. The molecular formula is C11H16N2OS. The Kier molecular flexibility index (Phi) is 4.44. The number of methoxy groups -OCH3 is 1. The number of rotatable bonds is 5. The minimum atomic E-state index is 0.728. The highest BCUT2D eigenvalue weighted by Crippen LogP contribution is 2.38. The van der Waals surface area contributed by atoms with E-state index in [0.717, 1.165) is 40.6 Å². The average molecular weight is 224 g/mol. The summed E-state index contributed by atoms with van der Waals surface area (Å²) in [5.41, 5.74) is 0.934. The molecule has 0 saturated heterocycles. The fourth-order valence-electron chi connectivity index (χ4n) is 1.35. The van der Waals surface area contributed by atoms with Crippen molar-refractivity contribution >= 4 is 16.3 Å². The zero-order valence-electron chi connectivity index (χ0n) is 9.39. The maximum atomic E-state index is 8.90. The van der Waals surface area contributed by atoms with Gasteiger partial charge in [0.25, 0.3) is 0 Å². The monoisotopic (exact) mass is 224 g/mol. The van der Waals surface area contributed by atoms with Gasteiger partial charge in [0.15, 0.2) is 5.75 Å². The quantitative estimate of drug-likeness (QED) is 0.781. The van der Waals surface area contributed by atoms with Crippen LogP contribution in [0.25, 0.3) is 0 Å². The van der Waals surface area contributed by atoms with Crippen LogP contribution < -0.4 is 10.1 Å². The van der Waals surface area contributed by atoms with Crippen molar-refractivity contribution < 1.29 is 4.74 Å². The Bertz CT molecular complexity index is 365. The Morgan fingerprint density at radius 3 is 2.80 bits per heavy atom. The predicted octanol–water partition coefficient (Wildman–Crippen LogP) is 3.15. The molecule has 0 amide bonds. The zero-order valence-corrected chi connectivity index (χ0v) is 10.2. The number of nitrogens with zero attached hydrogens (tertiary/aromatic N) is 1. The van der Waals surface area contributed by atoms with Gasteiger partial charge >= 0.3 is 0 Å². The van der Waals surface area contributed by atoms with Gasteiger partial charge < -0.3 is 10.1 Å². The largest absolute Gasteiger partial charge is 0.493 e. The van der Waals surface area contributed by atoms with Crippen LogP contribution in [-0.2, 0) is 0 Å². The standard InChI is InChI=1S/C11H16N2OS/c1-4-5-6-13-11-10(14-3)8(2)9(7-12)15-11/h13H,4-6H2,1-3H3. The van der Waals surface area contributed by atoms with Gasteiger partial charge in [-0.05, 0) is 13.3 Å². The lowest BCUT2D eigenvalue weighted by molar-refractivity contribution is 0.415. The highest BCUT2D eigenvalue weighted by atomic mass is 32.1. The van der Waals surface area contributed by atoms with Crippen molar-refractivity contribution in [2.45, 2.75) is 26.7 Å². The van der Waals surface area contributed by atoms with Gasteiger partial charge in [0.05, 0.1) is 7.11 Å². The molecule has 0 saturated carbocycles. The molecule has 1 heterocycles. The van der Waals surface area contributed by atoms with Gasteiger partial charge in [0.2, 0.25) is 0 Å². The van der Waals surface area contributed by atoms with Gasteiger partial charge in [-0.25, -0.2) is 0 Å². The Morgan fingerprint density at radius 2 is 2.27 bits per heavy atom. The molecule has 0 unspecified atom stereocenters.